The zero-order valence-corrected chi connectivity index (χ0v) is 19.2. The predicted molar refractivity (Wildman–Crippen MR) is 112 cm³/mol. The first-order valence-corrected chi connectivity index (χ1v) is 10.4. The van der Waals surface area contributed by atoms with E-state index in [0.717, 1.165) is 20.8 Å². The molecule has 0 aromatic heterocycles. The topological polar surface area (TPSA) is 0 Å². The van der Waals surface area contributed by atoms with E-state index in [9.17, 15) is 39.5 Å². The van der Waals surface area contributed by atoms with Crippen LogP contribution < -0.4 is 16.4 Å². The lowest BCUT2D eigenvalue weighted by molar-refractivity contribution is 0.430. The average Bonchev–Trinajstić information content (AvgIpc) is 2.88. The van der Waals surface area contributed by atoms with E-state index in [1.54, 1.807) is 0 Å². The number of hydrogen-bond donors (Lipinski definition) is 0. The summed E-state index contributed by atoms with van der Waals surface area (Å²) in [5.74, 6) is -19.6. The molecule has 3 aromatic carbocycles. The number of alkyl halides is 3. The first kappa shape index (κ1) is 28.5. The van der Waals surface area contributed by atoms with E-state index >= 15 is 13.2 Å². The molecule has 198 valence electrons. The molecular formula is C24H15BF12. The number of hydrogen-bond acceptors (Lipinski definition) is 0. The standard InChI is InChI=1S/C24H15BF12/c1-7-10(4-26)13(19(32)22(35)16(7)29)25(14-11(5-27)8(2)17(30)23(36)20(14)33)15-12(6-28)9(3)18(31)24(37)21(15)34/h4-6H2,1-3H3. The molecule has 0 radical (unpaired) electrons. The fourth-order valence-corrected chi connectivity index (χ4v) is 4.39. The molecule has 0 N–H and O–H groups in total. The van der Waals surface area contributed by atoms with Crippen molar-refractivity contribution < 1.29 is 52.7 Å². The summed E-state index contributed by atoms with van der Waals surface area (Å²) in [6, 6.07) is 0. The van der Waals surface area contributed by atoms with Gasteiger partial charge in [-0.2, -0.15) is 0 Å². The Hall–Kier alpha value is -3.12. The summed E-state index contributed by atoms with van der Waals surface area (Å²) in [5, 5.41) is 0. The van der Waals surface area contributed by atoms with Crippen LogP contribution in [-0.2, 0) is 20.0 Å². The summed E-state index contributed by atoms with van der Waals surface area (Å²) in [5.41, 5.74) is -10.6. The SMILES string of the molecule is Cc1c(F)c(F)c(F)c(B(c2c(F)c(F)c(F)c(C)c2CF)c2c(F)c(F)c(F)c(C)c2CF)c1CF. The maximum Gasteiger partial charge on any atom is 0.254 e. The molecule has 0 atom stereocenters. The van der Waals surface area contributed by atoms with Gasteiger partial charge in [0.25, 0.3) is 6.71 Å². The van der Waals surface area contributed by atoms with Gasteiger partial charge in [-0.15, -0.1) is 0 Å². The summed E-state index contributed by atoms with van der Waals surface area (Å²) in [4.78, 5) is 0. The van der Waals surface area contributed by atoms with E-state index in [2.05, 4.69) is 0 Å². The smallest absolute Gasteiger partial charge is 0.246 e. The van der Waals surface area contributed by atoms with E-state index < -0.39 is 129 Å². The van der Waals surface area contributed by atoms with Gasteiger partial charge in [0.15, 0.2) is 52.4 Å². The maximum atomic E-state index is 15.3. The second kappa shape index (κ2) is 10.3. The van der Waals surface area contributed by atoms with Crippen LogP contribution in [0.5, 0.6) is 0 Å². The minimum atomic E-state index is -2.82. The van der Waals surface area contributed by atoms with Crippen LogP contribution in [-0.4, -0.2) is 6.71 Å². The monoisotopic (exact) mass is 542 g/mol. The van der Waals surface area contributed by atoms with Crippen LogP contribution >= 0.6 is 0 Å². The zero-order chi connectivity index (χ0) is 28.1. The Bertz CT molecular complexity index is 1250. The fraction of sp³-hybridized carbons (Fsp3) is 0.250. The molecule has 0 nitrogen and oxygen atoms in total. The largest absolute Gasteiger partial charge is 0.254 e. The molecule has 13 heteroatoms. The summed E-state index contributed by atoms with van der Waals surface area (Å²) in [6.45, 7) is -6.17. The molecule has 0 saturated heterocycles. The molecule has 0 saturated carbocycles. The van der Waals surface area contributed by atoms with Crippen molar-refractivity contribution in [3.63, 3.8) is 0 Å². The highest BCUT2D eigenvalue weighted by molar-refractivity contribution is 6.96. The second-order valence-corrected chi connectivity index (χ2v) is 8.21. The van der Waals surface area contributed by atoms with Crippen LogP contribution in [0.3, 0.4) is 0 Å². The number of rotatable bonds is 6. The Kier molecular flexibility index (Phi) is 7.95. The average molecular weight is 542 g/mol. The van der Waals surface area contributed by atoms with Crippen LogP contribution in [0, 0.1) is 73.1 Å². The van der Waals surface area contributed by atoms with E-state index in [-0.39, 0.29) is 0 Å². The molecule has 0 heterocycles. The fourth-order valence-electron chi connectivity index (χ4n) is 4.39. The molecule has 0 aliphatic heterocycles. The number of halogens is 12. The Balaban J connectivity index is 2.76. The summed E-state index contributed by atoms with van der Waals surface area (Å²) >= 11 is 0. The van der Waals surface area contributed by atoms with Crippen LogP contribution in [0.25, 0.3) is 0 Å². The molecule has 0 fully saturated rings. The van der Waals surface area contributed by atoms with Crippen LogP contribution in [0.4, 0.5) is 52.7 Å². The van der Waals surface area contributed by atoms with Crippen molar-refractivity contribution in [2.75, 3.05) is 0 Å². The molecule has 0 aliphatic rings. The molecule has 0 spiro atoms. The highest BCUT2D eigenvalue weighted by atomic mass is 19.2. The molecule has 37 heavy (non-hydrogen) atoms. The maximum absolute atomic E-state index is 15.3. The van der Waals surface area contributed by atoms with E-state index in [4.69, 9.17) is 0 Å². The Morgan fingerprint density at radius 3 is 0.784 bits per heavy atom. The van der Waals surface area contributed by atoms with Crippen molar-refractivity contribution >= 4 is 23.1 Å². The quantitative estimate of drug-likeness (QED) is 0.210. The summed E-state index contributed by atoms with van der Waals surface area (Å²) in [7, 11) is 0. The molecule has 0 amide bonds. The van der Waals surface area contributed by atoms with E-state index in [1.165, 1.54) is 0 Å². The van der Waals surface area contributed by atoms with Crippen LogP contribution in [0.2, 0.25) is 0 Å². The molecule has 3 aromatic rings. The van der Waals surface area contributed by atoms with Gasteiger partial charge in [-0.25, -0.2) is 52.7 Å². The highest BCUT2D eigenvalue weighted by Gasteiger charge is 2.42. The third-order valence-corrected chi connectivity index (χ3v) is 6.45. The van der Waals surface area contributed by atoms with Gasteiger partial charge in [-0.1, -0.05) is 0 Å². The van der Waals surface area contributed by atoms with Gasteiger partial charge in [-0.05, 0) is 70.5 Å². The summed E-state index contributed by atoms with van der Waals surface area (Å²) < 4.78 is 174. The lowest BCUT2D eigenvalue weighted by Crippen LogP contribution is -2.60. The number of benzene rings is 3. The molecular weight excluding hydrogens is 527 g/mol. The van der Waals surface area contributed by atoms with Crippen molar-refractivity contribution in [1.29, 1.82) is 0 Å². The normalized spacial score (nSPS) is 11.4. The van der Waals surface area contributed by atoms with Crippen molar-refractivity contribution in [3.8, 4) is 0 Å². The van der Waals surface area contributed by atoms with E-state index in [1.807, 2.05) is 0 Å². The van der Waals surface area contributed by atoms with Crippen molar-refractivity contribution in [1.82, 2.24) is 0 Å². The van der Waals surface area contributed by atoms with Gasteiger partial charge >= 0.3 is 0 Å². The van der Waals surface area contributed by atoms with Gasteiger partial charge in [0.05, 0.1) is 0 Å². The van der Waals surface area contributed by atoms with Crippen molar-refractivity contribution in [2.24, 2.45) is 0 Å². The lowest BCUT2D eigenvalue weighted by Gasteiger charge is -2.27. The highest BCUT2D eigenvalue weighted by Crippen LogP contribution is 2.26. The molecule has 0 aliphatic carbocycles. The Morgan fingerprint density at radius 1 is 0.378 bits per heavy atom. The Labute approximate surface area is 203 Å². The van der Waals surface area contributed by atoms with E-state index in [0.29, 0.717) is 0 Å². The van der Waals surface area contributed by atoms with Gasteiger partial charge in [0.1, 0.15) is 20.0 Å². The van der Waals surface area contributed by atoms with Gasteiger partial charge in [0.2, 0.25) is 0 Å². The minimum Gasteiger partial charge on any atom is -0.246 e. The first-order valence-electron chi connectivity index (χ1n) is 10.4. The summed E-state index contributed by atoms with van der Waals surface area (Å²) in [6.07, 6.45) is 0. The third-order valence-electron chi connectivity index (χ3n) is 6.45. The van der Waals surface area contributed by atoms with Gasteiger partial charge in [0, 0.05) is 0 Å². The second-order valence-electron chi connectivity index (χ2n) is 8.21. The van der Waals surface area contributed by atoms with Crippen LogP contribution in [0.15, 0.2) is 0 Å². The zero-order valence-electron chi connectivity index (χ0n) is 19.2. The minimum absolute atomic E-state index is 0.735. The molecule has 0 unspecified atom stereocenters. The predicted octanol–water partition coefficient (Wildman–Crippen LogP) is 5.79. The Morgan fingerprint density at radius 2 is 0.595 bits per heavy atom. The van der Waals surface area contributed by atoms with Crippen LogP contribution in [0.1, 0.15) is 33.4 Å². The van der Waals surface area contributed by atoms with Gasteiger partial charge in [-0.3, -0.25) is 0 Å². The molecule has 0 bridgehead atoms. The lowest BCUT2D eigenvalue weighted by atomic mass is 9.34. The van der Waals surface area contributed by atoms with Gasteiger partial charge < -0.3 is 0 Å². The van der Waals surface area contributed by atoms with Crippen molar-refractivity contribution in [3.05, 3.63) is 85.7 Å². The van der Waals surface area contributed by atoms with Crippen molar-refractivity contribution in [2.45, 2.75) is 40.8 Å². The first-order chi connectivity index (χ1) is 17.3. The molecule has 3 rings (SSSR count). The third kappa shape index (κ3) is 4.16.